The standard InChI is InChI=1S/C18H20ClFN4O2/c1-2-24(12-17(26)23-15-4-3-9-21-18(15)19)11-16(25)22-10-13-5-7-14(20)8-6-13/h3-9H,2,10-12H2,1H3,(H,22,25)(H,23,26). The largest absolute Gasteiger partial charge is 0.351 e. The van der Waals surface area contributed by atoms with E-state index in [4.69, 9.17) is 11.6 Å². The van der Waals surface area contributed by atoms with Crippen LogP contribution in [-0.2, 0) is 16.1 Å². The lowest BCUT2D eigenvalue weighted by molar-refractivity contribution is -0.123. The first-order valence-electron chi connectivity index (χ1n) is 8.11. The highest BCUT2D eigenvalue weighted by atomic mass is 35.5. The number of carbonyl (C=O) groups is 2. The first-order chi connectivity index (χ1) is 12.5. The summed E-state index contributed by atoms with van der Waals surface area (Å²) in [6, 6.07) is 9.22. The molecule has 1 aromatic heterocycles. The summed E-state index contributed by atoms with van der Waals surface area (Å²) in [6.07, 6.45) is 1.53. The summed E-state index contributed by atoms with van der Waals surface area (Å²) in [7, 11) is 0. The molecule has 138 valence electrons. The number of hydrogen-bond donors (Lipinski definition) is 2. The summed E-state index contributed by atoms with van der Waals surface area (Å²) in [4.78, 5) is 29.8. The second-order valence-corrected chi connectivity index (χ2v) is 5.95. The fourth-order valence-corrected chi connectivity index (χ4v) is 2.38. The predicted molar refractivity (Wildman–Crippen MR) is 98.2 cm³/mol. The molecule has 2 amide bonds. The van der Waals surface area contributed by atoms with Gasteiger partial charge in [0.2, 0.25) is 11.8 Å². The third kappa shape index (κ3) is 6.42. The summed E-state index contributed by atoms with van der Waals surface area (Å²) < 4.78 is 12.9. The molecule has 6 nitrogen and oxygen atoms in total. The van der Waals surface area contributed by atoms with Crippen molar-refractivity contribution in [3.05, 3.63) is 59.1 Å². The number of pyridine rings is 1. The van der Waals surface area contributed by atoms with E-state index < -0.39 is 0 Å². The topological polar surface area (TPSA) is 74.3 Å². The van der Waals surface area contributed by atoms with Crippen molar-refractivity contribution in [1.82, 2.24) is 15.2 Å². The Morgan fingerprint density at radius 1 is 1.15 bits per heavy atom. The van der Waals surface area contributed by atoms with Gasteiger partial charge in [-0.15, -0.1) is 0 Å². The van der Waals surface area contributed by atoms with E-state index >= 15 is 0 Å². The van der Waals surface area contributed by atoms with E-state index in [0.29, 0.717) is 18.8 Å². The Hall–Kier alpha value is -2.51. The van der Waals surface area contributed by atoms with Gasteiger partial charge in [0.15, 0.2) is 5.15 Å². The van der Waals surface area contributed by atoms with E-state index in [2.05, 4.69) is 15.6 Å². The Morgan fingerprint density at radius 3 is 2.50 bits per heavy atom. The maximum atomic E-state index is 12.9. The molecule has 0 radical (unpaired) electrons. The lowest BCUT2D eigenvalue weighted by atomic mass is 10.2. The van der Waals surface area contributed by atoms with Gasteiger partial charge in [-0.2, -0.15) is 0 Å². The zero-order chi connectivity index (χ0) is 18.9. The molecule has 0 bridgehead atoms. The number of carbonyl (C=O) groups excluding carboxylic acids is 2. The van der Waals surface area contributed by atoms with Gasteiger partial charge >= 0.3 is 0 Å². The minimum Gasteiger partial charge on any atom is -0.351 e. The van der Waals surface area contributed by atoms with Crippen molar-refractivity contribution in [2.45, 2.75) is 13.5 Å². The van der Waals surface area contributed by atoms with E-state index in [0.717, 1.165) is 5.56 Å². The fraction of sp³-hybridized carbons (Fsp3) is 0.278. The number of nitrogens with zero attached hydrogens (tertiary/aromatic N) is 2. The molecule has 0 fully saturated rings. The number of rotatable bonds is 8. The van der Waals surface area contributed by atoms with E-state index in [1.54, 1.807) is 29.2 Å². The van der Waals surface area contributed by atoms with Crippen LogP contribution in [0.5, 0.6) is 0 Å². The van der Waals surface area contributed by atoms with E-state index in [1.807, 2.05) is 6.92 Å². The Kier molecular flexibility index (Phi) is 7.50. The minimum atomic E-state index is -0.322. The van der Waals surface area contributed by atoms with Crippen LogP contribution in [0.15, 0.2) is 42.6 Å². The molecule has 0 aliphatic rings. The highest BCUT2D eigenvalue weighted by molar-refractivity contribution is 6.32. The Balaban J connectivity index is 1.80. The van der Waals surface area contributed by atoms with E-state index in [-0.39, 0.29) is 35.9 Å². The minimum absolute atomic E-state index is 0.0473. The van der Waals surface area contributed by atoms with Gasteiger partial charge in [-0.3, -0.25) is 14.5 Å². The van der Waals surface area contributed by atoms with Crippen molar-refractivity contribution in [1.29, 1.82) is 0 Å². The van der Waals surface area contributed by atoms with Gasteiger partial charge in [-0.05, 0) is 36.4 Å². The van der Waals surface area contributed by atoms with Gasteiger partial charge in [0.05, 0.1) is 18.8 Å². The van der Waals surface area contributed by atoms with Crippen LogP contribution >= 0.6 is 11.6 Å². The molecule has 0 unspecified atom stereocenters. The maximum Gasteiger partial charge on any atom is 0.238 e. The van der Waals surface area contributed by atoms with Crippen LogP contribution < -0.4 is 10.6 Å². The van der Waals surface area contributed by atoms with Gasteiger partial charge in [0.1, 0.15) is 5.82 Å². The number of anilines is 1. The molecule has 0 aliphatic carbocycles. The molecular weight excluding hydrogens is 359 g/mol. The number of hydrogen-bond acceptors (Lipinski definition) is 4. The SMILES string of the molecule is CCN(CC(=O)NCc1ccc(F)cc1)CC(=O)Nc1cccnc1Cl. The molecule has 1 aromatic carbocycles. The van der Waals surface area contributed by atoms with Gasteiger partial charge in [0.25, 0.3) is 0 Å². The summed E-state index contributed by atoms with van der Waals surface area (Å²) >= 11 is 5.91. The van der Waals surface area contributed by atoms with Gasteiger partial charge in [0, 0.05) is 12.7 Å². The molecule has 0 aliphatic heterocycles. The molecule has 26 heavy (non-hydrogen) atoms. The molecule has 8 heteroatoms. The van der Waals surface area contributed by atoms with Crippen molar-refractivity contribution in [3.63, 3.8) is 0 Å². The second-order valence-electron chi connectivity index (χ2n) is 5.60. The average molecular weight is 379 g/mol. The van der Waals surface area contributed by atoms with Crippen molar-refractivity contribution in [2.75, 3.05) is 25.0 Å². The smallest absolute Gasteiger partial charge is 0.238 e. The molecule has 2 N–H and O–H groups in total. The summed E-state index contributed by atoms with van der Waals surface area (Å²) in [5, 5.41) is 5.63. The average Bonchev–Trinajstić information content (AvgIpc) is 2.62. The Morgan fingerprint density at radius 2 is 1.85 bits per heavy atom. The first-order valence-corrected chi connectivity index (χ1v) is 8.49. The summed E-state index contributed by atoms with van der Waals surface area (Å²) in [5.41, 5.74) is 1.22. The van der Waals surface area contributed by atoms with Crippen molar-refractivity contribution >= 4 is 29.1 Å². The number of likely N-dealkylation sites (N-methyl/N-ethyl adjacent to an activating group) is 1. The zero-order valence-corrected chi connectivity index (χ0v) is 15.1. The molecule has 0 atom stereocenters. The number of aromatic nitrogens is 1. The second kappa shape index (κ2) is 9.84. The van der Waals surface area contributed by atoms with Crippen LogP contribution in [0.1, 0.15) is 12.5 Å². The molecule has 2 aromatic rings. The normalized spacial score (nSPS) is 10.6. The highest BCUT2D eigenvalue weighted by Gasteiger charge is 2.14. The molecule has 0 saturated heterocycles. The van der Waals surface area contributed by atoms with Gasteiger partial charge < -0.3 is 10.6 Å². The zero-order valence-electron chi connectivity index (χ0n) is 14.3. The molecule has 2 rings (SSSR count). The van der Waals surface area contributed by atoms with E-state index in [9.17, 15) is 14.0 Å². The van der Waals surface area contributed by atoms with Crippen LogP contribution in [0.3, 0.4) is 0 Å². The lowest BCUT2D eigenvalue weighted by Crippen LogP contribution is -2.40. The molecule has 0 saturated carbocycles. The van der Waals surface area contributed by atoms with Gasteiger partial charge in [-0.1, -0.05) is 30.7 Å². The molecule has 0 spiro atoms. The van der Waals surface area contributed by atoms with Crippen LogP contribution in [0.4, 0.5) is 10.1 Å². The van der Waals surface area contributed by atoms with E-state index in [1.165, 1.54) is 18.3 Å². The quantitative estimate of drug-likeness (QED) is 0.692. The summed E-state index contributed by atoms with van der Waals surface area (Å²) in [6.45, 7) is 2.81. The fourth-order valence-electron chi connectivity index (χ4n) is 2.21. The number of halogens is 2. The maximum absolute atomic E-state index is 12.9. The summed E-state index contributed by atoms with van der Waals surface area (Å²) in [5.74, 6) is -0.826. The predicted octanol–water partition coefficient (Wildman–Crippen LogP) is 2.45. The van der Waals surface area contributed by atoms with Crippen LogP contribution in [0.25, 0.3) is 0 Å². The lowest BCUT2D eigenvalue weighted by Gasteiger charge is -2.19. The van der Waals surface area contributed by atoms with Crippen LogP contribution in [0, 0.1) is 5.82 Å². The highest BCUT2D eigenvalue weighted by Crippen LogP contribution is 2.17. The Bertz CT molecular complexity index is 755. The monoisotopic (exact) mass is 378 g/mol. The van der Waals surface area contributed by atoms with Crippen molar-refractivity contribution in [2.24, 2.45) is 0 Å². The number of amides is 2. The van der Waals surface area contributed by atoms with Crippen molar-refractivity contribution in [3.8, 4) is 0 Å². The van der Waals surface area contributed by atoms with Crippen LogP contribution in [-0.4, -0.2) is 41.3 Å². The van der Waals surface area contributed by atoms with Gasteiger partial charge in [-0.25, -0.2) is 9.37 Å². The number of nitrogens with one attached hydrogen (secondary N) is 2. The molecule has 1 heterocycles. The first kappa shape index (κ1) is 19.8. The molecular formula is C18H20ClFN4O2. The van der Waals surface area contributed by atoms with Crippen LogP contribution in [0.2, 0.25) is 5.15 Å². The Labute approximate surface area is 156 Å². The van der Waals surface area contributed by atoms with Crippen molar-refractivity contribution < 1.29 is 14.0 Å². The third-order valence-corrected chi connectivity index (χ3v) is 3.92. The number of benzene rings is 1. The third-order valence-electron chi connectivity index (χ3n) is 3.62.